The number of fused-ring (bicyclic) bond motifs is 1. The highest BCUT2D eigenvalue weighted by atomic mass is 16.5. The molecule has 1 amide bonds. The molecular formula is C22H32N4O2. The summed E-state index contributed by atoms with van der Waals surface area (Å²) in [5, 5.41) is 11.4. The average Bonchev–Trinajstić information content (AvgIpc) is 3.04. The van der Waals surface area contributed by atoms with Crippen LogP contribution in [-0.2, 0) is 11.1 Å². The molecule has 2 heterocycles. The predicted molar refractivity (Wildman–Crippen MR) is 112 cm³/mol. The van der Waals surface area contributed by atoms with Gasteiger partial charge in [0.1, 0.15) is 17.1 Å². The predicted octanol–water partition coefficient (Wildman–Crippen LogP) is 4.20. The number of rotatable bonds is 6. The molecular weight excluding hydrogens is 352 g/mol. The SMILES string of the molecule is CCC(CC)(NC(=O)c1c(C)nn2c1NCCC2(C)C)c1ccc(OC)cc1. The topological polar surface area (TPSA) is 68.2 Å². The van der Waals surface area contributed by atoms with Crippen molar-refractivity contribution in [1.82, 2.24) is 15.1 Å². The number of amides is 1. The Balaban J connectivity index is 1.97. The van der Waals surface area contributed by atoms with Gasteiger partial charge in [0.15, 0.2) is 0 Å². The molecule has 28 heavy (non-hydrogen) atoms. The number of nitrogens with zero attached hydrogens (tertiary/aromatic N) is 2. The zero-order valence-corrected chi connectivity index (χ0v) is 17.8. The highest BCUT2D eigenvalue weighted by molar-refractivity contribution is 6.00. The molecule has 0 saturated heterocycles. The van der Waals surface area contributed by atoms with E-state index in [1.165, 1.54) is 0 Å². The molecule has 2 aromatic rings. The summed E-state index contributed by atoms with van der Waals surface area (Å²) in [6, 6.07) is 7.96. The van der Waals surface area contributed by atoms with Crippen LogP contribution in [0.5, 0.6) is 5.75 Å². The number of nitrogens with one attached hydrogen (secondary N) is 2. The smallest absolute Gasteiger partial charge is 0.257 e. The van der Waals surface area contributed by atoms with Crippen molar-refractivity contribution >= 4 is 11.7 Å². The van der Waals surface area contributed by atoms with E-state index in [1.807, 2.05) is 35.9 Å². The zero-order chi connectivity index (χ0) is 20.5. The van der Waals surface area contributed by atoms with E-state index in [0.717, 1.165) is 48.6 Å². The molecule has 1 aromatic heterocycles. The van der Waals surface area contributed by atoms with Gasteiger partial charge in [-0.1, -0.05) is 26.0 Å². The van der Waals surface area contributed by atoms with Gasteiger partial charge < -0.3 is 15.4 Å². The fourth-order valence-corrected chi connectivity index (χ4v) is 4.09. The van der Waals surface area contributed by atoms with Crippen LogP contribution in [0.25, 0.3) is 0 Å². The van der Waals surface area contributed by atoms with Crippen LogP contribution in [-0.4, -0.2) is 29.3 Å². The molecule has 2 N–H and O–H groups in total. The first-order valence-corrected chi connectivity index (χ1v) is 10.1. The Kier molecular flexibility index (Phi) is 5.41. The van der Waals surface area contributed by atoms with E-state index in [4.69, 9.17) is 4.74 Å². The normalized spacial score (nSPS) is 15.5. The molecule has 0 bridgehead atoms. The Hall–Kier alpha value is -2.50. The van der Waals surface area contributed by atoms with Gasteiger partial charge in [0.05, 0.1) is 23.9 Å². The number of anilines is 1. The maximum Gasteiger partial charge on any atom is 0.257 e. The number of methoxy groups -OCH3 is 1. The standard InChI is InChI=1S/C22H32N4O2/c1-7-22(8-2,16-9-11-17(28-6)12-10-16)24-20(27)18-15(3)25-26-19(18)23-14-13-21(26,4)5/h9-12,23H,7-8,13-14H2,1-6H3,(H,24,27). The largest absolute Gasteiger partial charge is 0.497 e. The van der Waals surface area contributed by atoms with E-state index in [0.29, 0.717) is 5.56 Å². The minimum atomic E-state index is -0.436. The summed E-state index contributed by atoms with van der Waals surface area (Å²) in [6.45, 7) is 11.3. The second-order valence-electron chi connectivity index (χ2n) is 8.18. The quantitative estimate of drug-likeness (QED) is 0.783. The second-order valence-corrected chi connectivity index (χ2v) is 8.18. The summed E-state index contributed by atoms with van der Waals surface area (Å²) in [6.07, 6.45) is 2.56. The molecule has 152 valence electrons. The molecule has 1 aliphatic heterocycles. The van der Waals surface area contributed by atoms with Crippen LogP contribution < -0.4 is 15.4 Å². The summed E-state index contributed by atoms with van der Waals surface area (Å²) in [4.78, 5) is 13.4. The molecule has 0 spiro atoms. The number of aryl methyl sites for hydroxylation is 1. The molecule has 1 aromatic carbocycles. The summed E-state index contributed by atoms with van der Waals surface area (Å²) < 4.78 is 7.25. The first-order valence-electron chi connectivity index (χ1n) is 10.1. The van der Waals surface area contributed by atoms with Crippen LogP contribution in [0.2, 0.25) is 0 Å². The maximum atomic E-state index is 13.4. The molecule has 6 heteroatoms. The van der Waals surface area contributed by atoms with Crippen molar-refractivity contribution in [2.75, 3.05) is 19.0 Å². The molecule has 0 unspecified atom stereocenters. The number of ether oxygens (including phenoxy) is 1. The van der Waals surface area contributed by atoms with Crippen LogP contribution in [0.3, 0.4) is 0 Å². The molecule has 0 atom stereocenters. The van der Waals surface area contributed by atoms with Crippen LogP contribution >= 0.6 is 0 Å². The lowest BCUT2D eigenvalue weighted by Gasteiger charge is -2.35. The fourth-order valence-electron chi connectivity index (χ4n) is 4.09. The lowest BCUT2D eigenvalue weighted by molar-refractivity contribution is 0.0889. The third-order valence-electron chi connectivity index (χ3n) is 6.09. The van der Waals surface area contributed by atoms with Gasteiger partial charge in [0, 0.05) is 6.54 Å². The highest BCUT2D eigenvalue weighted by Gasteiger charge is 2.36. The van der Waals surface area contributed by atoms with Gasteiger partial charge in [-0.05, 0) is 57.7 Å². The summed E-state index contributed by atoms with van der Waals surface area (Å²) in [7, 11) is 1.66. The highest BCUT2D eigenvalue weighted by Crippen LogP contribution is 2.35. The van der Waals surface area contributed by atoms with Crippen LogP contribution in [0.15, 0.2) is 24.3 Å². The summed E-state index contributed by atoms with van der Waals surface area (Å²) in [5.74, 6) is 1.55. The van der Waals surface area contributed by atoms with Crippen molar-refractivity contribution < 1.29 is 9.53 Å². The number of hydrogen-bond donors (Lipinski definition) is 2. The first-order chi connectivity index (χ1) is 13.3. The zero-order valence-electron chi connectivity index (χ0n) is 17.8. The van der Waals surface area contributed by atoms with E-state index in [-0.39, 0.29) is 11.4 Å². The van der Waals surface area contributed by atoms with Crippen molar-refractivity contribution in [3.63, 3.8) is 0 Å². The van der Waals surface area contributed by atoms with Gasteiger partial charge in [-0.25, -0.2) is 4.68 Å². The Morgan fingerprint density at radius 3 is 2.50 bits per heavy atom. The molecule has 6 nitrogen and oxygen atoms in total. The van der Waals surface area contributed by atoms with Gasteiger partial charge in [-0.15, -0.1) is 0 Å². The molecule has 0 fully saturated rings. The van der Waals surface area contributed by atoms with E-state index < -0.39 is 5.54 Å². The van der Waals surface area contributed by atoms with Gasteiger partial charge in [-0.3, -0.25) is 4.79 Å². The second kappa shape index (κ2) is 7.49. The van der Waals surface area contributed by atoms with Gasteiger partial charge >= 0.3 is 0 Å². The Labute approximate surface area is 167 Å². The number of aromatic nitrogens is 2. The monoisotopic (exact) mass is 384 g/mol. The van der Waals surface area contributed by atoms with E-state index >= 15 is 0 Å². The molecule has 0 saturated carbocycles. The lowest BCUT2D eigenvalue weighted by Crippen LogP contribution is -2.45. The maximum absolute atomic E-state index is 13.4. The Morgan fingerprint density at radius 1 is 1.29 bits per heavy atom. The Bertz CT molecular complexity index is 848. The minimum Gasteiger partial charge on any atom is -0.497 e. The Morgan fingerprint density at radius 2 is 1.93 bits per heavy atom. The number of benzene rings is 1. The number of carbonyl (C=O) groups is 1. The average molecular weight is 385 g/mol. The number of carbonyl (C=O) groups excluding carboxylic acids is 1. The van der Waals surface area contributed by atoms with Gasteiger partial charge in [0.25, 0.3) is 5.91 Å². The minimum absolute atomic E-state index is 0.0801. The van der Waals surface area contributed by atoms with Gasteiger partial charge in [-0.2, -0.15) is 5.10 Å². The lowest BCUT2D eigenvalue weighted by atomic mass is 9.84. The van der Waals surface area contributed by atoms with Crippen LogP contribution in [0.1, 0.15) is 68.6 Å². The molecule has 0 radical (unpaired) electrons. The third-order valence-corrected chi connectivity index (χ3v) is 6.09. The molecule has 1 aliphatic rings. The van der Waals surface area contributed by atoms with Crippen molar-refractivity contribution in [2.45, 2.75) is 65.0 Å². The van der Waals surface area contributed by atoms with Gasteiger partial charge in [0.2, 0.25) is 0 Å². The van der Waals surface area contributed by atoms with Crippen molar-refractivity contribution in [1.29, 1.82) is 0 Å². The van der Waals surface area contributed by atoms with Crippen LogP contribution in [0, 0.1) is 6.92 Å². The third kappa shape index (κ3) is 3.36. The number of hydrogen-bond acceptors (Lipinski definition) is 4. The fraction of sp³-hybridized carbons (Fsp3) is 0.545. The summed E-state index contributed by atoms with van der Waals surface area (Å²) >= 11 is 0. The molecule has 3 rings (SSSR count). The molecule has 0 aliphatic carbocycles. The van der Waals surface area contributed by atoms with E-state index in [2.05, 4.69) is 43.4 Å². The summed E-state index contributed by atoms with van der Waals surface area (Å²) in [5.41, 5.74) is 1.94. The van der Waals surface area contributed by atoms with Crippen molar-refractivity contribution in [2.24, 2.45) is 0 Å². The van der Waals surface area contributed by atoms with E-state index in [9.17, 15) is 4.79 Å². The first kappa shape index (κ1) is 20.2. The van der Waals surface area contributed by atoms with E-state index in [1.54, 1.807) is 7.11 Å². The van der Waals surface area contributed by atoms with Crippen LogP contribution in [0.4, 0.5) is 5.82 Å². The van der Waals surface area contributed by atoms with Crippen molar-refractivity contribution in [3.05, 3.63) is 41.1 Å². The van der Waals surface area contributed by atoms with Crippen molar-refractivity contribution in [3.8, 4) is 5.75 Å².